The van der Waals surface area contributed by atoms with Gasteiger partial charge in [0.25, 0.3) is 0 Å². The van der Waals surface area contributed by atoms with Gasteiger partial charge in [0.2, 0.25) is 0 Å². The summed E-state index contributed by atoms with van der Waals surface area (Å²) in [5.41, 5.74) is 3.60. The van der Waals surface area contributed by atoms with Crippen LogP contribution >= 0.6 is 0 Å². The van der Waals surface area contributed by atoms with Gasteiger partial charge in [-0.1, -0.05) is 0 Å². The van der Waals surface area contributed by atoms with Gasteiger partial charge in [-0.3, -0.25) is 4.98 Å². The van der Waals surface area contributed by atoms with Crippen LogP contribution in [-0.2, 0) is 17.7 Å². The Morgan fingerprint density at radius 1 is 1.17 bits per heavy atom. The number of pyridine rings is 1. The Kier molecular flexibility index (Phi) is 5.23. The number of rotatable bonds is 3. The second-order valence-electron chi connectivity index (χ2n) is 7.15. The number of benzene rings is 1. The Hall–Kier alpha value is -2.94. The number of alkyl halides is 3. The van der Waals surface area contributed by atoms with Crippen molar-refractivity contribution >= 4 is 0 Å². The molecule has 0 radical (unpaired) electrons. The normalized spacial score (nSPS) is 16.8. The zero-order chi connectivity index (χ0) is 21.5. The van der Waals surface area contributed by atoms with Crippen LogP contribution in [0.2, 0.25) is 0 Å². The average Bonchev–Trinajstić information content (AvgIpc) is 2.89. The van der Waals surface area contributed by atoms with Crippen LogP contribution in [0.1, 0.15) is 18.3 Å². The Labute approximate surface area is 170 Å². The molecule has 0 saturated carbocycles. The van der Waals surface area contributed by atoms with Crippen LogP contribution in [0.3, 0.4) is 0 Å². The first-order valence-corrected chi connectivity index (χ1v) is 9.41. The minimum Gasteiger partial charge on any atom is -0.403 e. The maximum absolute atomic E-state index is 13.9. The summed E-state index contributed by atoms with van der Waals surface area (Å²) < 4.78 is 63.4. The number of halogens is 4. The molecule has 0 N–H and O–H groups in total. The Morgan fingerprint density at radius 2 is 1.97 bits per heavy atom. The third kappa shape index (κ3) is 4.16. The summed E-state index contributed by atoms with van der Waals surface area (Å²) in [6.07, 6.45) is -2.84. The first-order valence-electron chi connectivity index (χ1n) is 9.41. The van der Waals surface area contributed by atoms with Crippen LogP contribution in [0, 0.1) is 12.7 Å². The van der Waals surface area contributed by atoms with E-state index in [2.05, 4.69) is 9.72 Å². The summed E-state index contributed by atoms with van der Waals surface area (Å²) >= 11 is 0. The molecule has 5 nitrogen and oxygen atoms in total. The van der Waals surface area contributed by atoms with Gasteiger partial charge in [-0.2, -0.15) is 0 Å². The van der Waals surface area contributed by atoms with Gasteiger partial charge < -0.3 is 14.0 Å². The number of ether oxygens (including phenoxy) is 2. The lowest BCUT2D eigenvalue weighted by molar-refractivity contribution is -0.275. The molecule has 3 heterocycles. The number of hydrogen-bond acceptors (Lipinski definition) is 4. The molecular weight excluding hydrogens is 402 g/mol. The molecule has 1 aliphatic heterocycles. The van der Waals surface area contributed by atoms with Crippen LogP contribution in [0.15, 0.2) is 36.5 Å². The van der Waals surface area contributed by atoms with E-state index < -0.39 is 17.9 Å². The molecule has 30 heavy (non-hydrogen) atoms. The van der Waals surface area contributed by atoms with Gasteiger partial charge in [-0.15, -0.1) is 13.2 Å². The lowest BCUT2D eigenvalue weighted by Crippen LogP contribution is -2.18. The summed E-state index contributed by atoms with van der Waals surface area (Å²) in [6.45, 7) is 4.74. The van der Waals surface area contributed by atoms with Crippen molar-refractivity contribution in [3.63, 3.8) is 0 Å². The quantitative estimate of drug-likeness (QED) is 0.564. The molecule has 0 unspecified atom stereocenters. The first-order chi connectivity index (χ1) is 14.2. The number of hydrogen-bond donors (Lipinski definition) is 0. The van der Waals surface area contributed by atoms with Crippen molar-refractivity contribution in [3.05, 3.63) is 53.7 Å². The van der Waals surface area contributed by atoms with Gasteiger partial charge in [-0.25, -0.2) is 9.37 Å². The van der Waals surface area contributed by atoms with Gasteiger partial charge >= 0.3 is 6.36 Å². The molecule has 4 rings (SSSR count). The first kappa shape index (κ1) is 20.3. The van der Waals surface area contributed by atoms with Crippen molar-refractivity contribution in [3.8, 4) is 28.4 Å². The highest BCUT2D eigenvalue weighted by Gasteiger charge is 2.33. The highest BCUT2D eigenvalue weighted by Crippen LogP contribution is 2.35. The zero-order valence-electron chi connectivity index (χ0n) is 16.3. The molecule has 0 saturated heterocycles. The number of imidazole rings is 1. The lowest BCUT2D eigenvalue weighted by Gasteiger charge is -2.14. The van der Waals surface area contributed by atoms with E-state index in [9.17, 15) is 17.6 Å². The second-order valence-corrected chi connectivity index (χ2v) is 7.15. The molecule has 0 amide bonds. The predicted octanol–water partition coefficient (Wildman–Crippen LogP) is 4.92. The van der Waals surface area contributed by atoms with Crippen molar-refractivity contribution in [2.24, 2.45) is 0 Å². The summed E-state index contributed by atoms with van der Waals surface area (Å²) in [7, 11) is 0. The van der Waals surface area contributed by atoms with Gasteiger partial charge in [0.1, 0.15) is 5.82 Å². The Morgan fingerprint density at radius 3 is 2.70 bits per heavy atom. The third-order valence-corrected chi connectivity index (χ3v) is 4.84. The monoisotopic (exact) mass is 421 g/mol. The van der Waals surface area contributed by atoms with Crippen molar-refractivity contribution in [1.82, 2.24) is 14.5 Å². The highest BCUT2D eigenvalue weighted by atomic mass is 19.4. The highest BCUT2D eigenvalue weighted by molar-refractivity contribution is 5.69. The Bertz CT molecular complexity index is 1080. The number of aromatic nitrogens is 3. The average molecular weight is 421 g/mol. The Balaban J connectivity index is 1.87. The van der Waals surface area contributed by atoms with Crippen LogP contribution in [0.5, 0.6) is 5.75 Å². The summed E-state index contributed by atoms with van der Waals surface area (Å²) in [4.78, 5) is 8.94. The molecule has 0 fully saturated rings. The fourth-order valence-corrected chi connectivity index (χ4v) is 3.59. The van der Waals surface area contributed by atoms with Crippen molar-refractivity contribution < 1.29 is 27.0 Å². The van der Waals surface area contributed by atoms with E-state index in [0.29, 0.717) is 36.7 Å². The van der Waals surface area contributed by atoms with E-state index in [1.165, 1.54) is 6.07 Å². The molecule has 9 heteroatoms. The van der Waals surface area contributed by atoms with E-state index >= 15 is 0 Å². The van der Waals surface area contributed by atoms with Crippen molar-refractivity contribution in [2.45, 2.75) is 39.3 Å². The smallest absolute Gasteiger partial charge is 0.403 e. The maximum Gasteiger partial charge on any atom is 0.573 e. The van der Waals surface area contributed by atoms with Crippen LogP contribution in [-0.4, -0.2) is 33.6 Å². The maximum atomic E-state index is 13.9. The molecule has 3 aromatic rings. The minimum atomic E-state index is -4.99. The van der Waals surface area contributed by atoms with Gasteiger partial charge in [0.15, 0.2) is 11.6 Å². The molecule has 0 spiro atoms. The molecule has 1 aliphatic rings. The van der Waals surface area contributed by atoms with Crippen molar-refractivity contribution in [2.75, 3.05) is 6.61 Å². The van der Waals surface area contributed by atoms with Gasteiger partial charge in [0, 0.05) is 35.1 Å². The van der Waals surface area contributed by atoms with Crippen LogP contribution < -0.4 is 4.74 Å². The second kappa shape index (κ2) is 7.71. The SMILES string of the molecule is Cc1cc(-c2nc(-c3ccc(F)c(OC(F)(F)F)c3)n3c2CCO[C@H](C)C3)ccn1. The van der Waals surface area contributed by atoms with E-state index in [0.717, 1.165) is 29.1 Å². The molecule has 2 aromatic heterocycles. The minimum absolute atomic E-state index is 0.113. The van der Waals surface area contributed by atoms with Crippen LogP contribution in [0.4, 0.5) is 17.6 Å². The lowest BCUT2D eigenvalue weighted by atomic mass is 10.1. The molecule has 0 aliphatic carbocycles. The number of nitrogens with zero attached hydrogens (tertiary/aromatic N) is 3. The summed E-state index contributed by atoms with van der Waals surface area (Å²) in [6, 6.07) is 7.09. The van der Waals surface area contributed by atoms with Crippen LogP contribution in [0.25, 0.3) is 22.6 Å². The number of fused-ring (bicyclic) bond motifs is 1. The van der Waals surface area contributed by atoms with Gasteiger partial charge in [0.05, 0.1) is 24.9 Å². The van der Waals surface area contributed by atoms with Crippen molar-refractivity contribution in [1.29, 1.82) is 0 Å². The van der Waals surface area contributed by atoms with Gasteiger partial charge in [-0.05, 0) is 44.2 Å². The van der Waals surface area contributed by atoms with E-state index in [1.54, 1.807) is 6.20 Å². The molecular formula is C21H19F4N3O2. The van der Waals surface area contributed by atoms with E-state index in [-0.39, 0.29) is 6.10 Å². The standard InChI is InChI=1S/C21H19F4N3O2/c1-12-9-14(5-7-26-12)19-17-6-8-29-13(2)11-28(17)20(27-19)15-3-4-16(22)18(10-15)30-21(23,24)25/h3-5,7,9-10,13H,6,8,11H2,1-2H3/t13-/m1/s1. The topological polar surface area (TPSA) is 49.2 Å². The fourth-order valence-electron chi connectivity index (χ4n) is 3.59. The largest absolute Gasteiger partial charge is 0.573 e. The predicted molar refractivity (Wildman–Crippen MR) is 101 cm³/mol. The molecule has 0 bridgehead atoms. The molecule has 158 valence electrons. The molecule has 1 aromatic carbocycles. The number of aryl methyl sites for hydroxylation is 1. The molecule has 1 atom stereocenters. The van der Waals surface area contributed by atoms with E-state index in [4.69, 9.17) is 9.72 Å². The third-order valence-electron chi connectivity index (χ3n) is 4.84. The fraction of sp³-hybridized carbons (Fsp3) is 0.333. The van der Waals surface area contributed by atoms with E-state index in [1.807, 2.05) is 30.5 Å². The zero-order valence-corrected chi connectivity index (χ0v) is 16.3. The summed E-state index contributed by atoms with van der Waals surface area (Å²) in [5.74, 6) is -1.56. The summed E-state index contributed by atoms with van der Waals surface area (Å²) in [5, 5.41) is 0.